The molecular weight excluding hydrogens is 489 g/mol. The molecule has 0 radical (unpaired) electrons. The molecule has 38 heavy (non-hydrogen) atoms. The van der Waals surface area contributed by atoms with Gasteiger partial charge in [-0.3, -0.25) is 4.79 Å². The van der Waals surface area contributed by atoms with Crippen LogP contribution in [0.4, 0.5) is 19.0 Å². The van der Waals surface area contributed by atoms with E-state index in [1.165, 1.54) is 22.5 Å². The van der Waals surface area contributed by atoms with E-state index in [-0.39, 0.29) is 17.9 Å². The smallest absolute Gasteiger partial charge is 0.353 e. The lowest BCUT2D eigenvalue weighted by molar-refractivity contribution is -0.145. The van der Waals surface area contributed by atoms with Crippen LogP contribution in [-0.2, 0) is 17.5 Å². The van der Waals surface area contributed by atoms with Crippen molar-refractivity contribution >= 4 is 22.5 Å². The second-order valence-corrected chi connectivity index (χ2v) is 11.0. The van der Waals surface area contributed by atoms with Crippen molar-refractivity contribution in [3.63, 3.8) is 0 Å². The number of nitrogens with one attached hydrogen (secondary N) is 1. The van der Waals surface area contributed by atoms with Crippen molar-refractivity contribution in [2.45, 2.75) is 51.9 Å². The number of aromatic nitrogens is 1. The number of benzene rings is 2. The van der Waals surface area contributed by atoms with Crippen molar-refractivity contribution in [3.05, 3.63) is 71.9 Å². The summed E-state index contributed by atoms with van der Waals surface area (Å²) in [5, 5.41) is 6.15. The molecule has 1 aliphatic carbocycles. The van der Waals surface area contributed by atoms with Gasteiger partial charge >= 0.3 is 6.18 Å². The number of carbonyl (C=O) groups is 1. The lowest BCUT2D eigenvalue weighted by Gasteiger charge is -2.42. The number of alkyl halides is 3. The third-order valence-corrected chi connectivity index (χ3v) is 8.45. The third-order valence-electron chi connectivity index (χ3n) is 8.45. The molecule has 5 nitrogen and oxygen atoms in total. The molecule has 202 valence electrons. The molecule has 0 spiro atoms. The van der Waals surface area contributed by atoms with Crippen LogP contribution in [-0.4, -0.2) is 48.0 Å². The topological polar surface area (TPSA) is 48.5 Å². The van der Waals surface area contributed by atoms with Gasteiger partial charge in [-0.05, 0) is 59.7 Å². The van der Waals surface area contributed by atoms with Gasteiger partial charge in [0.25, 0.3) is 0 Å². The number of hydrogen-bond donors (Lipinski definition) is 1. The van der Waals surface area contributed by atoms with Crippen molar-refractivity contribution in [1.29, 1.82) is 0 Å². The van der Waals surface area contributed by atoms with Gasteiger partial charge in [0.1, 0.15) is 5.82 Å². The molecule has 1 aliphatic heterocycles. The van der Waals surface area contributed by atoms with Crippen LogP contribution in [0.25, 0.3) is 10.8 Å². The van der Waals surface area contributed by atoms with Crippen LogP contribution in [0.5, 0.6) is 0 Å². The van der Waals surface area contributed by atoms with Gasteiger partial charge in [-0.15, -0.1) is 0 Å². The molecule has 2 fully saturated rings. The fraction of sp³-hybridized carbons (Fsp3) is 0.467. The van der Waals surface area contributed by atoms with Crippen molar-refractivity contribution in [2.75, 3.05) is 31.1 Å². The Morgan fingerprint density at radius 1 is 1.05 bits per heavy atom. The average molecular weight is 525 g/mol. The van der Waals surface area contributed by atoms with E-state index < -0.39 is 17.2 Å². The van der Waals surface area contributed by atoms with Crippen molar-refractivity contribution < 1.29 is 18.0 Å². The second-order valence-electron chi connectivity index (χ2n) is 11.0. The normalized spacial score (nSPS) is 22.4. The summed E-state index contributed by atoms with van der Waals surface area (Å²) in [5.74, 6) is 0.689. The van der Waals surface area contributed by atoms with Crippen LogP contribution < -0.4 is 10.2 Å². The van der Waals surface area contributed by atoms with Crippen LogP contribution in [0.2, 0.25) is 0 Å². The van der Waals surface area contributed by atoms with Gasteiger partial charge in [-0.2, -0.15) is 13.2 Å². The van der Waals surface area contributed by atoms with E-state index >= 15 is 0 Å². The van der Waals surface area contributed by atoms with E-state index in [1.54, 1.807) is 0 Å². The first-order chi connectivity index (χ1) is 18.2. The van der Waals surface area contributed by atoms with E-state index in [0.29, 0.717) is 32.0 Å². The van der Waals surface area contributed by atoms with E-state index in [4.69, 9.17) is 0 Å². The monoisotopic (exact) mass is 524 g/mol. The Morgan fingerprint density at radius 3 is 2.50 bits per heavy atom. The molecule has 2 aliphatic rings. The van der Waals surface area contributed by atoms with Gasteiger partial charge in [0, 0.05) is 45.0 Å². The summed E-state index contributed by atoms with van der Waals surface area (Å²) in [7, 11) is 0. The van der Waals surface area contributed by atoms with Gasteiger partial charge in [-0.1, -0.05) is 50.2 Å². The predicted molar refractivity (Wildman–Crippen MR) is 144 cm³/mol. The van der Waals surface area contributed by atoms with Crippen LogP contribution in [0.3, 0.4) is 0 Å². The van der Waals surface area contributed by atoms with Crippen LogP contribution in [0.15, 0.2) is 60.8 Å². The number of halogens is 3. The van der Waals surface area contributed by atoms with E-state index in [1.807, 2.05) is 15.9 Å². The maximum absolute atomic E-state index is 13.9. The average Bonchev–Trinajstić information content (AvgIpc) is 3.37. The zero-order valence-corrected chi connectivity index (χ0v) is 22.0. The molecule has 0 bridgehead atoms. The highest BCUT2D eigenvalue weighted by atomic mass is 19.4. The fourth-order valence-corrected chi connectivity index (χ4v) is 6.05. The molecule has 2 aromatic carbocycles. The number of fused-ring (bicyclic) bond motifs is 1. The lowest BCUT2D eigenvalue weighted by Crippen LogP contribution is -2.54. The number of nitrogens with zero attached hydrogens (tertiary/aromatic N) is 3. The number of rotatable bonds is 6. The molecule has 2 heterocycles. The van der Waals surface area contributed by atoms with E-state index in [0.717, 1.165) is 37.9 Å². The molecule has 3 aromatic rings. The van der Waals surface area contributed by atoms with Crippen molar-refractivity contribution in [2.24, 2.45) is 11.3 Å². The van der Waals surface area contributed by atoms with Gasteiger partial charge in [-0.25, -0.2) is 4.98 Å². The number of piperazine rings is 1. The van der Waals surface area contributed by atoms with Crippen LogP contribution >= 0.6 is 0 Å². The fourth-order valence-electron chi connectivity index (χ4n) is 6.05. The van der Waals surface area contributed by atoms with Crippen molar-refractivity contribution in [1.82, 2.24) is 15.2 Å². The maximum atomic E-state index is 13.9. The predicted octanol–water partition coefficient (Wildman–Crippen LogP) is 5.89. The summed E-state index contributed by atoms with van der Waals surface area (Å²) in [4.78, 5) is 21.8. The molecule has 1 N–H and O–H groups in total. The zero-order valence-electron chi connectivity index (χ0n) is 22.0. The second kappa shape index (κ2) is 10.6. The van der Waals surface area contributed by atoms with E-state index in [2.05, 4.69) is 60.5 Å². The molecule has 0 unspecified atom stereocenters. The Labute approximate surface area is 222 Å². The minimum atomic E-state index is -4.40. The van der Waals surface area contributed by atoms with Crippen LogP contribution in [0, 0.1) is 11.3 Å². The quantitative estimate of drug-likeness (QED) is 0.437. The summed E-state index contributed by atoms with van der Waals surface area (Å²) in [6.45, 7) is 6.94. The van der Waals surface area contributed by atoms with E-state index in [9.17, 15) is 18.0 Å². The molecule has 5 rings (SSSR count). The molecule has 1 saturated heterocycles. The Balaban J connectivity index is 1.20. The summed E-state index contributed by atoms with van der Waals surface area (Å²) in [6.07, 6.45) is -0.611. The first-order valence-electron chi connectivity index (χ1n) is 13.4. The Hall–Kier alpha value is -3.13. The summed E-state index contributed by atoms with van der Waals surface area (Å²) >= 11 is 0. The van der Waals surface area contributed by atoms with Gasteiger partial charge in [0.05, 0.1) is 11.0 Å². The first-order valence-corrected chi connectivity index (χ1v) is 13.4. The van der Waals surface area contributed by atoms with Gasteiger partial charge in [0.15, 0.2) is 0 Å². The number of amides is 1. The van der Waals surface area contributed by atoms with Crippen molar-refractivity contribution in [3.8, 4) is 0 Å². The minimum Gasteiger partial charge on any atom is -0.353 e. The molecular formula is C30H35F3N4O. The Morgan fingerprint density at radius 2 is 1.79 bits per heavy atom. The Kier molecular flexibility index (Phi) is 7.36. The summed E-state index contributed by atoms with van der Waals surface area (Å²) in [5.41, 5.74) is 0.113. The van der Waals surface area contributed by atoms with Gasteiger partial charge in [0.2, 0.25) is 5.91 Å². The lowest BCUT2D eigenvalue weighted by atomic mass is 9.74. The highest BCUT2D eigenvalue weighted by Gasteiger charge is 2.49. The number of hydrogen-bond acceptors (Lipinski definition) is 4. The molecule has 1 saturated carbocycles. The summed E-state index contributed by atoms with van der Waals surface area (Å²) in [6, 6.07) is 17.2. The molecule has 1 amide bonds. The number of anilines is 1. The maximum Gasteiger partial charge on any atom is 0.416 e. The molecule has 1 aromatic heterocycles. The SMILES string of the molecule is CC(C)[C@]1(C(=O)N2CCN(c3cc(C(F)(F)F)ccn3)CC2)CC[C@@H](NCc2ccc3ccccc3c2)C1. The highest BCUT2D eigenvalue weighted by Crippen LogP contribution is 2.46. The third kappa shape index (κ3) is 5.37. The Bertz CT molecular complexity index is 1290. The molecule has 8 heteroatoms. The van der Waals surface area contributed by atoms with Gasteiger partial charge < -0.3 is 15.1 Å². The minimum absolute atomic E-state index is 0.180. The first kappa shape index (κ1) is 26.5. The summed E-state index contributed by atoms with van der Waals surface area (Å²) < 4.78 is 39.4. The highest BCUT2D eigenvalue weighted by molar-refractivity contribution is 5.84. The standard InChI is InChI=1S/C30H35F3N4O/c1-21(2)29(11-9-26(19-29)35-20-22-7-8-23-5-3-4-6-24(23)17-22)28(38)37-15-13-36(14-16-37)27-18-25(10-12-34-27)30(31,32)33/h3-8,10,12,17-18,21,26,35H,9,11,13-16,19-20H2,1-2H3/t26-,29+/m1/s1. The largest absolute Gasteiger partial charge is 0.416 e. The van der Waals surface area contributed by atoms with Crippen LogP contribution in [0.1, 0.15) is 44.2 Å². The number of pyridine rings is 1. The molecule has 2 atom stereocenters. The zero-order chi connectivity index (χ0) is 26.9. The number of carbonyl (C=O) groups excluding carboxylic acids is 1.